The number of rotatable bonds is 6. The predicted octanol–water partition coefficient (Wildman–Crippen LogP) is 2.60. The molecule has 1 aliphatic heterocycles. The number of piperidine rings is 1. The number of aromatic nitrogens is 3. The van der Waals surface area contributed by atoms with Gasteiger partial charge in [0.05, 0.1) is 7.11 Å². The van der Waals surface area contributed by atoms with E-state index in [0.29, 0.717) is 18.0 Å². The second-order valence-corrected chi connectivity index (χ2v) is 7.95. The van der Waals surface area contributed by atoms with Gasteiger partial charge in [-0.1, -0.05) is 5.16 Å². The van der Waals surface area contributed by atoms with E-state index >= 15 is 0 Å². The highest BCUT2D eigenvalue weighted by Gasteiger charge is 2.37. The maximum absolute atomic E-state index is 5.52. The lowest BCUT2D eigenvalue weighted by Crippen LogP contribution is -2.46. The third-order valence-electron chi connectivity index (χ3n) is 6.15. The zero-order chi connectivity index (χ0) is 18.2. The molecule has 2 aromatic rings. The summed E-state index contributed by atoms with van der Waals surface area (Å²) in [5, 5.41) is 4.33. The number of ether oxygens (including phenoxy) is 1. The molecule has 2 aromatic heterocycles. The van der Waals surface area contributed by atoms with E-state index in [1.54, 1.807) is 13.4 Å². The first kappa shape index (κ1) is 17.0. The summed E-state index contributed by atoms with van der Waals surface area (Å²) in [6.07, 6.45) is 9.86. The Morgan fingerprint density at radius 1 is 1.15 bits per heavy atom. The first-order valence-corrected chi connectivity index (χ1v) is 10.1. The van der Waals surface area contributed by atoms with Gasteiger partial charge in [0.15, 0.2) is 0 Å². The minimum Gasteiger partial charge on any atom is -0.481 e. The van der Waals surface area contributed by atoms with Crippen LogP contribution in [0.3, 0.4) is 0 Å². The lowest BCUT2D eigenvalue weighted by molar-refractivity contribution is 0.195. The lowest BCUT2D eigenvalue weighted by atomic mass is 10.0. The van der Waals surface area contributed by atoms with Gasteiger partial charge in [0.25, 0.3) is 0 Å². The average Bonchev–Trinajstić information content (AvgIpc) is 3.29. The van der Waals surface area contributed by atoms with E-state index in [9.17, 15) is 0 Å². The van der Waals surface area contributed by atoms with Gasteiger partial charge in [0, 0.05) is 49.8 Å². The maximum atomic E-state index is 5.52. The normalized spacial score (nSPS) is 20.6. The molecule has 0 spiro atoms. The Morgan fingerprint density at radius 2 is 1.96 bits per heavy atom. The second-order valence-electron chi connectivity index (χ2n) is 7.95. The average molecular weight is 369 g/mol. The predicted molar refractivity (Wildman–Crippen MR) is 101 cm³/mol. The molecule has 1 saturated carbocycles. The van der Waals surface area contributed by atoms with Crippen molar-refractivity contribution < 1.29 is 9.26 Å². The van der Waals surface area contributed by atoms with Crippen LogP contribution in [0.25, 0.3) is 0 Å². The van der Waals surface area contributed by atoms with Gasteiger partial charge in [-0.25, -0.2) is 9.97 Å². The molecule has 27 heavy (non-hydrogen) atoms. The van der Waals surface area contributed by atoms with E-state index < -0.39 is 0 Å². The molecular weight excluding hydrogens is 342 g/mol. The van der Waals surface area contributed by atoms with E-state index in [4.69, 9.17) is 9.26 Å². The van der Waals surface area contributed by atoms with Gasteiger partial charge >= 0.3 is 0 Å². The minimum absolute atomic E-state index is 0.538. The van der Waals surface area contributed by atoms with E-state index in [-0.39, 0.29) is 0 Å². The Hall–Kier alpha value is -2.15. The molecule has 7 nitrogen and oxygen atoms in total. The summed E-state index contributed by atoms with van der Waals surface area (Å²) in [7, 11) is 1.66. The van der Waals surface area contributed by atoms with Crippen LogP contribution in [-0.2, 0) is 19.4 Å². The van der Waals surface area contributed by atoms with Crippen LogP contribution in [0.4, 0.5) is 5.82 Å². The number of anilines is 1. The van der Waals surface area contributed by atoms with Crippen molar-refractivity contribution in [3.8, 4) is 5.88 Å². The monoisotopic (exact) mass is 369 g/mol. The molecule has 144 valence electrons. The highest BCUT2D eigenvalue weighted by molar-refractivity contribution is 5.45. The molecule has 2 aliphatic carbocycles. The van der Waals surface area contributed by atoms with Crippen LogP contribution < -0.4 is 9.64 Å². The Balaban J connectivity index is 1.24. The zero-order valence-electron chi connectivity index (χ0n) is 15.9. The van der Waals surface area contributed by atoms with Gasteiger partial charge in [0.1, 0.15) is 23.6 Å². The highest BCUT2D eigenvalue weighted by Crippen LogP contribution is 2.36. The molecule has 5 rings (SSSR count). The summed E-state index contributed by atoms with van der Waals surface area (Å²) >= 11 is 0. The molecule has 1 saturated heterocycles. The summed E-state index contributed by atoms with van der Waals surface area (Å²) in [4.78, 5) is 13.8. The molecule has 0 bridgehead atoms. The Morgan fingerprint density at radius 3 is 2.74 bits per heavy atom. The SMILES string of the molecule is COc1cc(N(C2CC2)C2CCN(Cc3noc4c3CCC4)CC2)ncn1. The Labute approximate surface area is 159 Å². The fourth-order valence-corrected chi connectivity index (χ4v) is 4.59. The van der Waals surface area contributed by atoms with Crippen molar-refractivity contribution in [2.45, 2.75) is 63.6 Å². The summed E-state index contributed by atoms with van der Waals surface area (Å²) in [6, 6.07) is 3.14. The van der Waals surface area contributed by atoms with Crippen molar-refractivity contribution >= 4 is 5.82 Å². The zero-order valence-corrected chi connectivity index (χ0v) is 15.9. The summed E-state index contributed by atoms with van der Waals surface area (Å²) < 4.78 is 10.8. The fraction of sp³-hybridized carbons (Fsp3) is 0.650. The van der Waals surface area contributed by atoms with Gasteiger partial charge in [-0.15, -0.1) is 0 Å². The topological polar surface area (TPSA) is 67.5 Å². The molecule has 7 heteroatoms. The van der Waals surface area contributed by atoms with Crippen molar-refractivity contribution in [1.29, 1.82) is 0 Å². The second kappa shape index (κ2) is 7.11. The van der Waals surface area contributed by atoms with Crippen LogP contribution in [0.1, 0.15) is 49.1 Å². The largest absolute Gasteiger partial charge is 0.481 e. The van der Waals surface area contributed by atoms with Gasteiger partial charge in [-0.05, 0) is 38.5 Å². The summed E-state index contributed by atoms with van der Waals surface area (Å²) in [5.41, 5.74) is 2.55. The van der Waals surface area contributed by atoms with E-state index in [2.05, 4.69) is 24.9 Å². The Bertz CT molecular complexity index is 795. The molecule has 2 fully saturated rings. The maximum Gasteiger partial charge on any atom is 0.218 e. The number of nitrogens with zero attached hydrogens (tertiary/aromatic N) is 5. The Kier molecular flexibility index (Phi) is 4.47. The molecular formula is C20H27N5O2. The molecule has 3 heterocycles. The molecule has 0 unspecified atom stereocenters. The number of fused-ring (bicyclic) bond motifs is 1. The van der Waals surface area contributed by atoms with Crippen LogP contribution in [0.15, 0.2) is 16.9 Å². The third kappa shape index (κ3) is 3.40. The van der Waals surface area contributed by atoms with Crippen LogP contribution in [0.5, 0.6) is 5.88 Å². The summed E-state index contributed by atoms with van der Waals surface area (Å²) in [5.74, 6) is 2.78. The number of aryl methyl sites for hydroxylation is 1. The van der Waals surface area contributed by atoms with Crippen molar-refractivity contribution in [3.05, 3.63) is 29.4 Å². The van der Waals surface area contributed by atoms with Crippen LogP contribution in [0, 0.1) is 0 Å². The van der Waals surface area contributed by atoms with Gasteiger partial charge in [0.2, 0.25) is 5.88 Å². The minimum atomic E-state index is 0.538. The van der Waals surface area contributed by atoms with Crippen LogP contribution >= 0.6 is 0 Å². The highest BCUT2D eigenvalue weighted by atomic mass is 16.5. The number of hydrogen-bond acceptors (Lipinski definition) is 7. The summed E-state index contributed by atoms with van der Waals surface area (Å²) in [6.45, 7) is 3.12. The molecule has 3 aliphatic rings. The lowest BCUT2D eigenvalue weighted by Gasteiger charge is -2.39. The van der Waals surface area contributed by atoms with Gasteiger partial charge in [-0.3, -0.25) is 4.90 Å². The van der Waals surface area contributed by atoms with E-state index in [0.717, 1.165) is 56.9 Å². The third-order valence-corrected chi connectivity index (χ3v) is 6.15. The molecule has 0 radical (unpaired) electrons. The standard InChI is InChI=1S/C20H27N5O2/c1-26-20-11-19(21-13-22-20)25(14-5-6-14)15-7-9-24(10-8-15)12-17-16-3-2-4-18(16)27-23-17/h11,13-15H,2-10,12H2,1H3. The van der Waals surface area contributed by atoms with Gasteiger partial charge < -0.3 is 14.2 Å². The smallest absolute Gasteiger partial charge is 0.218 e. The van der Waals surface area contributed by atoms with Crippen LogP contribution in [0.2, 0.25) is 0 Å². The first-order chi connectivity index (χ1) is 13.3. The molecule has 0 atom stereocenters. The number of hydrogen-bond donors (Lipinski definition) is 0. The van der Waals surface area contributed by atoms with Gasteiger partial charge in [-0.2, -0.15) is 0 Å². The molecule has 0 amide bonds. The molecule has 0 aromatic carbocycles. The quantitative estimate of drug-likeness (QED) is 0.775. The van der Waals surface area contributed by atoms with Crippen molar-refractivity contribution in [1.82, 2.24) is 20.0 Å². The van der Waals surface area contributed by atoms with E-state index in [1.807, 2.05) is 6.07 Å². The van der Waals surface area contributed by atoms with Crippen molar-refractivity contribution in [2.75, 3.05) is 25.1 Å². The number of likely N-dealkylation sites (tertiary alicyclic amines) is 1. The molecule has 0 N–H and O–H groups in total. The fourth-order valence-electron chi connectivity index (χ4n) is 4.59. The van der Waals surface area contributed by atoms with Crippen LogP contribution in [-0.4, -0.2) is 52.3 Å². The van der Waals surface area contributed by atoms with Crippen molar-refractivity contribution in [3.63, 3.8) is 0 Å². The van der Waals surface area contributed by atoms with Crippen molar-refractivity contribution in [2.24, 2.45) is 0 Å². The van der Waals surface area contributed by atoms with E-state index in [1.165, 1.54) is 30.5 Å². The first-order valence-electron chi connectivity index (χ1n) is 10.1. The number of methoxy groups -OCH3 is 1.